The maximum atomic E-state index is 8.87. The number of hydrogen-bond donors (Lipinski definition) is 0. The summed E-state index contributed by atoms with van der Waals surface area (Å²) in [7, 11) is 0. The Hall–Kier alpha value is -1.20. The van der Waals surface area contributed by atoms with Crippen molar-refractivity contribution < 1.29 is 0 Å². The Bertz CT molecular complexity index is 436. The molecule has 90 valence electrons. The van der Waals surface area contributed by atoms with Gasteiger partial charge in [0, 0.05) is 18.3 Å². The number of hydrogen-bond acceptors (Lipinski definition) is 2. The van der Waals surface area contributed by atoms with Crippen molar-refractivity contribution >= 4 is 17.3 Å². The molecule has 1 fully saturated rings. The Labute approximate surface area is 108 Å². The summed E-state index contributed by atoms with van der Waals surface area (Å²) in [6.07, 6.45) is 5.09. The van der Waals surface area contributed by atoms with Gasteiger partial charge in [-0.1, -0.05) is 24.4 Å². The number of nitrogens with zero attached hydrogens (tertiary/aromatic N) is 2. The van der Waals surface area contributed by atoms with E-state index < -0.39 is 0 Å². The van der Waals surface area contributed by atoms with E-state index in [1.54, 1.807) is 0 Å². The molecule has 1 unspecified atom stereocenters. The number of halogens is 1. The van der Waals surface area contributed by atoms with Gasteiger partial charge in [-0.25, -0.2) is 0 Å². The predicted octanol–water partition coefficient (Wildman–Crippen LogP) is 3.98. The molecular formula is C14H17ClN2. The van der Waals surface area contributed by atoms with Crippen molar-refractivity contribution in [3.63, 3.8) is 0 Å². The molecule has 2 rings (SSSR count). The molecule has 1 aliphatic rings. The third-order valence-electron chi connectivity index (χ3n) is 3.46. The average Bonchev–Trinajstić information content (AvgIpc) is 2.54. The number of nitriles is 1. The Morgan fingerprint density at radius 2 is 2.18 bits per heavy atom. The molecule has 0 saturated carbocycles. The summed E-state index contributed by atoms with van der Waals surface area (Å²) in [5.74, 6) is 0. The van der Waals surface area contributed by atoms with E-state index in [9.17, 15) is 0 Å². The lowest BCUT2D eigenvalue weighted by atomic mass is 10.1. The van der Waals surface area contributed by atoms with Crippen molar-refractivity contribution in [1.29, 1.82) is 5.26 Å². The van der Waals surface area contributed by atoms with Crippen LogP contribution in [0.25, 0.3) is 0 Å². The first-order valence-corrected chi connectivity index (χ1v) is 6.56. The SMILES string of the molecule is CC1CCCCCN1c1ccc(C#N)c(Cl)c1. The first-order chi connectivity index (χ1) is 8.22. The molecule has 1 aliphatic heterocycles. The Morgan fingerprint density at radius 3 is 2.88 bits per heavy atom. The van der Waals surface area contributed by atoms with E-state index in [0.717, 1.165) is 12.2 Å². The highest BCUT2D eigenvalue weighted by atomic mass is 35.5. The molecule has 0 amide bonds. The van der Waals surface area contributed by atoms with Gasteiger partial charge in [0.1, 0.15) is 6.07 Å². The standard InChI is InChI=1S/C14H17ClN2/c1-11-5-3-2-4-8-17(11)13-7-6-12(10-16)14(15)9-13/h6-7,9,11H,2-5,8H2,1H3. The fourth-order valence-electron chi connectivity index (χ4n) is 2.43. The zero-order valence-corrected chi connectivity index (χ0v) is 10.9. The van der Waals surface area contributed by atoms with Crippen molar-refractivity contribution in [1.82, 2.24) is 0 Å². The molecule has 0 spiro atoms. The Morgan fingerprint density at radius 1 is 1.35 bits per heavy atom. The molecule has 1 aromatic rings. The van der Waals surface area contributed by atoms with Crippen LogP contribution in [-0.2, 0) is 0 Å². The lowest BCUT2D eigenvalue weighted by Gasteiger charge is -2.29. The van der Waals surface area contributed by atoms with E-state index in [4.69, 9.17) is 16.9 Å². The summed E-state index contributed by atoms with van der Waals surface area (Å²) >= 11 is 6.09. The maximum absolute atomic E-state index is 8.87. The van der Waals surface area contributed by atoms with E-state index in [0.29, 0.717) is 16.6 Å². The van der Waals surface area contributed by atoms with E-state index >= 15 is 0 Å². The van der Waals surface area contributed by atoms with Gasteiger partial charge in [-0.15, -0.1) is 0 Å². The highest BCUT2D eigenvalue weighted by Crippen LogP contribution is 2.28. The second-order valence-corrected chi connectivity index (χ2v) is 5.07. The zero-order chi connectivity index (χ0) is 12.3. The number of rotatable bonds is 1. The molecule has 0 radical (unpaired) electrons. The van der Waals surface area contributed by atoms with E-state index in [1.165, 1.54) is 25.7 Å². The summed E-state index contributed by atoms with van der Waals surface area (Å²) in [5, 5.41) is 9.43. The largest absolute Gasteiger partial charge is 0.369 e. The van der Waals surface area contributed by atoms with Crippen LogP contribution in [0.15, 0.2) is 18.2 Å². The highest BCUT2D eigenvalue weighted by molar-refractivity contribution is 6.32. The van der Waals surface area contributed by atoms with Crippen LogP contribution in [0.3, 0.4) is 0 Å². The van der Waals surface area contributed by atoms with Gasteiger partial charge in [-0.2, -0.15) is 5.26 Å². The van der Waals surface area contributed by atoms with E-state index in [1.807, 2.05) is 18.2 Å². The van der Waals surface area contributed by atoms with Crippen LogP contribution in [0.1, 0.15) is 38.2 Å². The fourth-order valence-corrected chi connectivity index (χ4v) is 2.65. The van der Waals surface area contributed by atoms with E-state index in [-0.39, 0.29) is 0 Å². The second-order valence-electron chi connectivity index (χ2n) is 4.67. The van der Waals surface area contributed by atoms with Crippen molar-refractivity contribution in [3.05, 3.63) is 28.8 Å². The third kappa shape index (κ3) is 2.73. The van der Waals surface area contributed by atoms with Gasteiger partial charge in [-0.3, -0.25) is 0 Å². The first-order valence-electron chi connectivity index (χ1n) is 6.18. The summed E-state index contributed by atoms with van der Waals surface area (Å²) in [5.41, 5.74) is 1.70. The minimum absolute atomic E-state index is 0.554. The molecule has 1 atom stereocenters. The molecule has 3 heteroatoms. The smallest absolute Gasteiger partial charge is 0.101 e. The molecule has 2 nitrogen and oxygen atoms in total. The first kappa shape index (κ1) is 12.3. The normalized spacial score (nSPS) is 20.8. The summed E-state index contributed by atoms with van der Waals surface area (Å²) < 4.78 is 0. The summed E-state index contributed by atoms with van der Waals surface area (Å²) in [6.45, 7) is 3.35. The Balaban J connectivity index is 2.26. The molecule has 1 aromatic carbocycles. The molecule has 0 bridgehead atoms. The highest BCUT2D eigenvalue weighted by Gasteiger charge is 2.17. The van der Waals surface area contributed by atoms with E-state index in [2.05, 4.69) is 17.9 Å². The van der Waals surface area contributed by atoms with Crippen LogP contribution in [0, 0.1) is 11.3 Å². The van der Waals surface area contributed by atoms with Gasteiger partial charge < -0.3 is 4.90 Å². The molecule has 1 saturated heterocycles. The lowest BCUT2D eigenvalue weighted by Crippen LogP contribution is -2.32. The summed E-state index contributed by atoms with van der Waals surface area (Å²) in [6, 6.07) is 8.39. The minimum Gasteiger partial charge on any atom is -0.369 e. The molecular weight excluding hydrogens is 232 g/mol. The number of anilines is 1. The van der Waals surface area contributed by atoms with Crippen LogP contribution < -0.4 is 4.90 Å². The Kier molecular flexibility index (Phi) is 3.91. The van der Waals surface area contributed by atoms with Crippen LogP contribution in [0.5, 0.6) is 0 Å². The molecule has 0 aromatic heterocycles. The van der Waals surface area contributed by atoms with Gasteiger partial charge >= 0.3 is 0 Å². The van der Waals surface area contributed by atoms with Gasteiger partial charge in [0.15, 0.2) is 0 Å². The van der Waals surface area contributed by atoms with Gasteiger partial charge in [-0.05, 0) is 38.0 Å². The van der Waals surface area contributed by atoms with Gasteiger partial charge in [0.25, 0.3) is 0 Å². The van der Waals surface area contributed by atoms with Crippen molar-refractivity contribution in [2.75, 3.05) is 11.4 Å². The number of benzene rings is 1. The monoisotopic (exact) mass is 248 g/mol. The van der Waals surface area contributed by atoms with Crippen molar-refractivity contribution in [3.8, 4) is 6.07 Å². The quantitative estimate of drug-likeness (QED) is 0.752. The average molecular weight is 249 g/mol. The van der Waals surface area contributed by atoms with Crippen molar-refractivity contribution in [2.24, 2.45) is 0 Å². The fraction of sp³-hybridized carbons (Fsp3) is 0.500. The van der Waals surface area contributed by atoms with Crippen LogP contribution in [0.2, 0.25) is 5.02 Å². The van der Waals surface area contributed by atoms with Crippen LogP contribution in [-0.4, -0.2) is 12.6 Å². The topological polar surface area (TPSA) is 27.0 Å². The summed E-state index contributed by atoms with van der Waals surface area (Å²) in [4.78, 5) is 2.40. The van der Waals surface area contributed by atoms with Gasteiger partial charge in [0.05, 0.1) is 10.6 Å². The predicted molar refractivity (Wildman–Crippen MR) is 71.4 cm³/mol. The molecule has 0 N–H and O–H groups in total. The van der Waals surface area contributed by atoms with Gasteiger partial charge in [0.2, 0.25) is 0 Å². The maximum Gasteiger partial charge on any atom is 0.101 e. The lowest BCUT2D eigenvalue weighted by molar-refractivity contribution is 0.616. The third-order valence-corrected chi connectivity index (χ3v) is 3.77. The minimum atomic E-state index is 0.554. The zero-order valence-electron chi connectivity index (χ0n) is 10.1. The van der Waals surface area contributed by atoms with Crippen molar-refractivity contribution in [2.45, 2.75) is 38.6 Å². The van der Waals surface area contributed by atoms with Crippen LogP contribution >= 0.6 is 11.6 Å². The molecule has 17 heavy (non-hydrogen) atoms. The molecule has 0 aliphatic carbocycles. The van der Waals surface area contributed by atoms with Crippen LogP contribution in [0.4, 0.5) is 5.69 Å². The second kappa shape index (κ2) is 5.42. The molecule has 1 heterocycles.